The molecule has 1 N–H and O–H groups in total. The molecular formula is C26H39BN2O5. The van der Waals surface area contributed by atoms with Gasteiger partial charge in [-0.15, -0.1) is 6.58 Å². The van der Waals surface area contributed by atoms with Crippen LogP contribution in [0, 0.1) is 0 Å². The van der Waals surface area contributed by atoms with E-state index in [1.165, 1.54) is 6.08 Å². The first-order valence-corrected chi connectivity index (χ1v) is 11.9. The molecule has 7 nitrogen and oxygen atoms in total. The van der Waals surface area contributed by atoms with Gasteiger partial charge >= 0.3 is 13.2 Å². The second-order valence-electron chi connectivity index (χ2n) is 9.48. The number of rotatable bonds is 12. The molecule has 1 aliphatic rings. The molecule has 1 fully saturated rings. The standard InChI is InChI=1S/C26H39BN2O5/c1-8-21(9-2)29(23(30)10-3)18-19-32-24(31)28-22(17-16-20-14-12-11-13-15-20)27-33-25(4,5)26(6,7)34-27/h8,10-15,21-22H,1,3,9,16-19H2,2,4-7H3,(H,28,31)/t21?,22-/m0/s1. The minimum Gasteiger partial charge on any atom is -0.448 e. The lowest BCUT2D eigenvalue weighted by molar-refractivity contribution is -0.128. The number of carbonyl (C=O) groups excluding carboxylic acids is 2. The van der Waals surface area contributed by atoms with Gasteiger partial charge in [-0.25, -0.2) is 4.79 Å². The third-order valence-electron chi connectivity index (χ3n) is 6.60. The highest BCUT2D eigenvalue weighted by Crippen LogP contribution is 2.38. The lowest BCUT2D eigenvalue weighted by Crippen LogP contribution is -2.49. The molecule has 2 atom stereocenters. The van der Waals surface area contributed by atoms with Gasteiger partial charge in [0, 0.05) is 6.04 Å². The number of hydrogen-bond acceptors (Lipinski definition) is 5. The van der Waals surface area contributed by atoms with Gasteiger partial charge in [-0.2, -0.15) is 0 Å². The number of aryl methyl sites for hydroxylation is 1. The monoisotopic (exact) mass is 470 g/mol. The minimum absolute atomic E-state index is 0.0462. The Balaban J connectivity index is 2.02. The molecule has 1 aromatic carbocycles. The Hall–Kier alpha value is -2.58. The van der Waals surface area contributed by atoms with E-state index in [2.05, 4.69) is 30.6 Å². The van der Waals surface area contributed by atoms with Crippen molar-refractivity contribution in [1.29, 1.82) is 0 Å². The molecule has 1 heterocycles. The summed E-state index contributed by atoms with van der Waals surface area (Å²) in [4.78, 5) is 26.5. The fraction of sp³-hybridized carbons (Fsp3) is 0.538. The Morgan fingerprint density at radius 2 is 1.76 bits per heavy atom. The number of amides is 2. The third kappa shape index (κ3) is 7.21. The molecule has 1 aromatic rings. The molecule has 1 saturated heterocycles. The molecule has 0 saturated carbocycles. The summed E-state index contributed by atoms with van der Waals surface area (Å²) in [6.45, 7) is 17.5. The predicted molar refractivity (Wildman–Crippen MR) is 135 cm³/mol. The molecule has 0 bridgehead atoms. The van der Waals surface area contributed by atoms with E-state index < -0.39 is 30.4 Å². The van der Waals surface area contributed by atoms with Crippen molar-refractivity contribution in [3.8, 4) is 0 Å². The van der Waals surface area contributed by atoms with Crippen molar-refractivity contribution in [2.75, 3.05) is 13.2 Å². The average molecular weight is 470 g/mol. The summed E-state index contributed by atoms with van der Waals surface area (Å²) in [5.74, 6) is -0.634. The quantitative estimate of drug-likeness (QED) is 0.280. The minimum atomic E-state index is -0.606. The van der Waals surface area contributed by atoms with Gasteiger partial charge in [0.15, 0.2) is 0 Å². The van der Waals surface area contributed by atoms with Crippen molar-refractivity contribution in [1.82, 2.24) is 10.2 Å². The molecule has 2 amide bonds. The van der Waals surface area contributed by atoms with Crippen LogP contribution in [-0.4, -0.2) is 60.4 Å². The van der Waals surface area contributed by atoms with Crippen LogP contribution >= 0.6 is 0 Å². The number of hydrogen-bond donors (Lipinski definition) is 1. The molecule has 0 aliphatic carbocycles. The van der Waals surface area contributed by atoms with Gasteiger partial charge in [-0.1, -0.05) is 49.9 Å². The Kier molecular flexibility index (Phi) is 9.95. The summed E-state index contributed by atoms with van der Waals surface area (Å²) in [5, 5.41) is 2.92. The summed E-state index contributed by atoms with van der Waals surface area (Å²) in [6.07, 6.45) is 4.45. The maximum atomic E-state index is 12.7. The molecule has 186 valence electrons. The SMILES string of the molecule is C=CC(=O)N(CCOC(=O)N[C@@H](CCc1ccccc1)B1OC(C)(C)C(C)(C)O1)C(C=C)CC. The first-order chi connectivity index (χ1) is 16.0. The molecular weight excluding hydrogens is 431 g/mol. The van der Waals surface area contributed by atoms with Gasteiger partial charge < -0.3 is 24.3 Å². The predicted octanol–water partition coefficient (Wildman–Crippen LogP) is 4.32. The zero-order chi connectivity index (χ0) is 25.4. The number of carbonyl (C=O) groups is 2. The van der Waals surface area contributed by atoms with Gasteiger partial charge in [-0.3, -0.25) is 4.79 Å². The maximum absolute atomic E-state index is 12.7. The van der Waals surface area contributed by atoms with Gasteiger partial charge in [0.1, 0.15) is 6.61 Å². The summed E-state index contributed by atoms with van der Waals surface area (Å²) in [5.41, 5.74) is 0.132. The van der Waals surface area contributed by atoms with E-state index in [0.29, 0.717) is 12.8 Å². The van der Waals surface area contributed by atoms with Gasteiger partial charge in [-0.05, 0) is 58.6 Å². The van der Waals surface area contributed by atoms with E-state index in [1.807, 2.05) is 52.8 Å². The summed E-state index contributed by atoms with van der Waals surface area (Å²) >= 11 is 0. The van der Waals surface area contributed by atoms with Crippen molar-refractivity contribution in [2.45, 2.75) is 77.1 Å². The van der Waals surface area contributed by atoms with Crippen molar-refractivity contribution < 1.29 is 23.6 Å². The number of nitrogens with zero attached hydrogens (tertiary/aromatic N) is 1. The van der Waals surface area contributed by atoms with Crippen LogP contribution in [0.1, 0.15) is 53.0 Å². The van der Waals surface area contributed by atoms with E-state index in [9.17, 15) is 9.59 Å². The van der Waals surface area contributed by atoms with Crippen LogP contribution in [0.5, 0.6) is 0 Å². The zero-order valence-electron chi connectivity index (χ0n) is 21.2. The number of ether oxygens (including phenoxy) is 1. The number of benzene rings is 1. The van der Waals surface area contributed by atoms with Crippen molar-refractivity contribution in [2.24, 2.45) is 0 Å². The van der Waals surface area contributed by atoms with Crippen LogP contribution in [0.4, 0.5) is 4.79 Å². The molecule has 2 rings (SSSR count). The zero-order valence-corrected chi connectivity index (χ0v) is 21.2. The molecule has 0 spiro atoms. The average Bonchev–Trinajstić information content (AvgIpc) is 3.03. The molecule has 1 unspecified atom stereocenters. The highest BCUT2D eigenvalue weighted by atomic mass is 16.7. The highest BCUT2D eigenvalue weighted by Gasteiger charge is 2.54. The van der Waals surface area contributed by atoms with Crippen molar-refractivity contribution >= 4 is 19.1 Å². The van der Waals surface area contributed by atoms with Crippen LogP contribution < -0.4 is 5.32 Å². The second kappa shape index (κ2) is 12.2. The number of alkyl carbamates (subject to hydrolysis) is 1. The summed E-state index contributed by atoms with van der Waals surface area (Å²) < 4.78 is 17.8. The molecule has 0 aromatic heterocycles. The van der Waals surface area contributed by atoms with E-state index >= 15 is 0 Å². The first-order valence-electron chi connectivity index (χ1n) is 11.9. The Morgan fingerprint density at radius 3 is 2.29 bits per heavy atom. The van der Waals surface area contributed by atoms with Gasteiger partial charge in [0.05, 0.1) is 23.7 Å². The van der Waals surface area contributed by atoms with Crippen LogP contribution in [-0.2, 0) is 25.3 Å². The van der Waals surface area contributed by atoms with Crippen molar-refractivity contribution in [3.05, 3.63) is 61.2 Å². The van der Waals surface area contributed by atoms with Crippen molar-refractivity contribution in [3.63, 3.8) is 0 Å². The molecule has 34 heavy (non-hydrogen) atoms. The highest BCUT2D eigenvalue weighted by molar-refractivity contribution is 6.48. The Labute approximate surface area is 204 Å². The fourth-order valence-electron chi connectivity index (χ4n) is 3.80. The lowest BCUT2D eigenvalue weighted by atomic mass is 9.75. The number of nitrogens with one attached hydrogen (secondary N) is 1. The summed E-state index contributed by atoms with van der Waals surface area (Å²) in [6, 6.07) is 9.90. The lowest BCUT2D eigenvalue weighted by Gasteiger charge is -2.32. The van der Waals surface area contributed by atoms with Crippen LogP contribution in [0.25, 0.3) is 0 Å². The molecule has 0 radical (unpaired) electrons. The van der Waals surface area contributed by atoms with Crippen LogP contribution in [0.15, 0.2) is 55.6 Å². The van der Waals surface area contributed by atoms with Crippen LogP contribution in [0.3, 0.4) is 0 Å². The van der Waals surface area contributed by atoms with Gasteiger partial charge in [0.25, 0.3) is 0 Å². The Bertz CT molecular complexity index is 827. The van der Waals surface area contributed by atoms with E-state index in [0.717, 1.165) is 12.0 Å². The fourth-order valence-corrected chi connectivity index (χ4v) is 3.80. The smallest absolute Gasteiger partial charge is 0.448 e. The van der Waals surface area contributed by atoms with Crippen LogP contribution in [0.2, 0.25) is 0 Å². The summed E-state index contributed by atoms with van der Waals surface area (Å²) in [7, 11) is -0.606. The molecule has 8 heteroatoms. The normalized spacial score (nSPS) is 18.0. The molecule has 1 aliphatic heterocycles. The maximum Gasteiger partial charge on any atom is 0.482 e. The van der Waals surface area contributed by atoms with E-state index in [-0.39, 0.29) is 25.1 Å². The topological polar surface area (TPSA) is 77.1 Å². The van der Waals surface area contributed by atoms with Gasteiger partial charge in [0.2, 0.25) is 5.91 Å². The Morgan fingerprint density at radius 1 is 1.15 bits per heavy atom. The third-order valence-corrected chi connectivity index (χ3v) is 6.60. The first kappa shape index (κ1) is 27.7. The van der Waals surface area contributed by atoms with E-state index in [4.69, 9.17) is 14.0 Å². The van der Waals surface area contributed by atoms with E-state index in [1.54, 1.807) is 11.0 Å². The largest absolute Gasteiger partial charge is 0.482 e. The second-order valence-corrected chi connectivity index (χ2v) is 9.48.